The van der Waals surface area contributed by atoms with Gasteiger partial charge >= 0.3 is 0 Å². The van der Waals surface area contributed by atoms with Crippen LogP contribution in [-0.4, -0.2) is 23.4 Å². The maximum absolute atomic E-state index is 6.09. The van der Waals surface area contributed by atoms with Crippen LogP contribution < -0.4 is 10.1 Å². The smallest absolute Gasteiger partial charge is 0.161 e. The van der Waals surface area contributed by atoms with Gasteiger partial charge in [-0.1, -0.05) is 24.6 Å². The predicted molar refractivity (Wildman–Crippen MR) is 89.0 cm³/mol. The second-order valence-electron chi connectivity index (χ2n) is 4.78. The van der Waals surface area contributed by atoms with Crippen molar-refractivity contribution >= 4 is 27.5 Å². The van der Waals surface area contributed by atoms with Crippen LogP contribution >= 0.6 is 27.5 Å². The zero-order chi connectivity index (χ0) is 15.4. The number of methoxy groups -OCH3 is 1. The molecule has 6 heteroatoms. The van der Waals surface area contributed by atoms with E-state index in [0.717, 1.165) is 34.4 Å². The van der Waals surface area contributed by atoms with Crippen LogP contribution in [0.4, 0.5) is 0 Å². The SMILES string of the molecule is CCCNC(c1ccc(Cl)c(Br)c1)c1c(OC)cnn1C. The van der Waals surface area contributed by atoms with Crippen molar-refractivity contribution < 1.29 is 4.74 Å². The quantitative estimate of drug-likeness (QED) is 0.835. The first-order valence-electron chi connectivity index (χ1n) is 6.82. The molecular weight excluding hydrogens is 354 g/mol. The molecule has 1 aromatic carbocycles. The molecule has 1 atom stereocenters. The summed E-state index contributed by atoms with van der Waals surface area (Å²) in [5.41, 5.74) is 2.11. The van der Waals surface area contributed by atoms with Crippen molar-refractivity contribution in [2.75, 3.05) is 13.7 Å². The lowest BCUT2D eigenvalue weighted by Gasteiger charge is -2.21. The number of ether oxygens (including phenoxy) is 1. The molecule has 2 rings (SSSR count). The molecule has 0 radical (unpaired) electrons. The Balaban J connectivity index is 2.46. The summed E-state index contributed by atoms with van der Waals surface area (Å²) in [5.74, 6) is 0.775. The van der Waals surface area contributed by atoms with Gasteiger partial charge in [-0.15, -0.1) is 0 Å². The molecule has 0 aliphatic heterocycles. The van der Waals surface area contributed by atoms with E-state index < -0.39 is 0 Å². The zero-order valence-electron chi connectivity index (χ0n) is 12.4. The average Bonchev–Trinajstić information content (AvgIpc) is 2.84. The highest BCUT2D eigenvalue weighted by molar-refractivity contribution is 9.10. The number of aromatic nitrogens is 2. The molecule has 21 heavy (non-hydrogen) atoms. The number of nitrogens with one attached hydrogen (secondary N) is 1. The highest BCUT2D eigenvalue weighted by Crippen LogP contribution is 2.32. The van der Waals surface area contributed by atoms with Gasteiger partial charge in [-0.25, -0.2) is 0 Å². The fraction of sp³-hybridized carbons (Fsp3) is 0.400. The van der Waals surface area contributed by atoms with Gasteiger partial charge in [-0.05, 0) is 46.6 Å². The number of rotatable bonds is 6. The van der Waals surface area contributed by atoms with Gasteiger partial charge in [0.1, 0.15) is 5.69 Å². The summed E-state index contributed by atoms with van der Waals surface area (Å²) in [4.78, 5) is 0. The Labute approximate surface area is 138 Å². The number of nitrogens with zero attached hydrogens (tertiary/aromatic N) is 2. The maximum atomic E-state index is 6.09. The number of benzene rings is 1. The van der Waals surface area contributed by atoms with Crippen molar-refractivity contribution in [1.29, 1.82) is 0 Å². The van der Waals surface area contributed by atoms with E-state index in [1.807, 2.05) is 29.9 Å². The molecule has 0 spiro atoms. The predicted octanol–water partition coefficient (Wildman–Crippen LogP) is 3.93. The molecular formula is C15H19BrClN3O. The molecule has 0 aliphatic carbocycles. The monoisotopic (exact) mass is 371 g/mol. The van der Waals surface area contributed by atoms with E-state index in [9.17, 15) is 0 Å². The standard InChI is InChI=1S/C15H19BrClN3O/c1-4-7-18-14(10-5-6-12(17)11(16)8-10)15-13(21-3)9-19-20(15)2/h5-6,8-9,14,18H,4,7H2,1-3H3. The largest absolute Gasteiger partial charge is 0.493 e. The minimum atomic E-state index is 0.000895. The average molecular weight is 373 g/mol. The van der Waals surface area contributed by atoms with E-state index in [2.05, 4.69) is 33.3 Å². The van der Waals surface area contributed by atoms with Crippen LogP contribution in [0.1, 0.15) is 30.6 Å². The van der Waals surface area contributed by atoms with Crippen LogP contribution in [0.5, 0.6) is 5.75 Å². The number of aryl methyl sites for hydroxylation is 1. The molecule has 0 bridgehead atoms. The molecule has 1 aromatic heterocycles. The number of halogens is 2. The zero-order valence-corrected chi connectivity index (χ0v) is 14.7. The molecule has 114 valence electrons. The van der Waals surface area contributed by atoms with Crippen LogP contribution in [0.25, 0.3) is 0 Å². The van der Waals surface area contributed by atoms with Gasteiger partial charge in [0.15, 0.2) is 5.75 Å². The van der Waals surface area contributed by atoms with E-state index in [1.54, 1.807) is 13.3 Å². The normalized spacial score (nSPS) is 12.4. The van der Waals surface area contributed by atoms with Gasteiger partial charge in [0.25, 0.3) is 0 Å². The molecule has 0 saturated heterocycles. The number of hydrogen-bond donors (Lipinski definition) is 1. The van der Waals surface area contributed by atoms with E-state index >= 15 is 0 Å². The fourth-order valence-electron chi connectivity index (χ4n) is 2.27. The lowest BCUT2D eigenvalue weighted by atomic mass is 10.0. The van der Waals surface area contributed by atoms with Crippen molar-refractivity contribution in [3.8, 4) is 5.75 Å². The summed E-state index contributed by atoms with van der Waals surface area (Å²) >= 11 is 9.58. The summed E-state index contributed by atoms with van der Waals surface area (Å²) in [5, 5.41) is 8.54. The first-order chi connectivity index (χ1) is 10.1. The van der Waals surface area contributed by atoms with Crippen LogP contribution in [0.3, 0.4) is 0 Å². The maximum Gasteiger partial charge on any atom is 0.161 e. The summed E-state index contributed by atoms with van der Waals surface area (Å²) in [6.45, 7) is 3.04. The van der Waals surface area contributed by atoms with Crippen molar-refractivity contribution in [2.45, 2.75) is 19.4 Å². The third-order valence-corrected chi connectivity index (χ3v) is 4.53. The third kappa shape index (κ3) is 3.59. The molecule has 1 N–H and O–H groups in total. The molecule has 1 heterocycles. The minimum Gasteiger partial charge on any atom is -0.493 e. The van der Waals surface area contributed by atoms with E-state index in [1.165, 1.54) is 0 Å². The third-order valence-electron chi connectivity index (χ3n) is 3.32. The first-order valence-corrected chi connectivity index (χ1v) is 7.99. The summed E-state index contributed by atoms with van der Waals surface area (Å²) in [7, 11) is 3.58. The molecule has 2 aromatic rings. The van der Waals surface area contributed by atoms with Gasteiger partial charge < -0.3 is 10.1 Å². The molecule has 0 saturated carbocycles. The van der Waals surface area contributed by atoms with Crippen LogP contribution in [0.15, 0.2) is 28.9 Å². The highest BCUT2D eigenvalue weighted by Gasteiger charge is 2.22. The Bertz CT molecular complexity index is 615. The number of hydrogen-bond acceptors (Lipinski definition) is 3. The lowest BCUT2D eigenvalue weighted by molar-refractivity contribution is 0.400. The molecule has 0 amide bonds. The fourth-order valence-corrected chi connectivity index (χ4v) is 2.78. The Morgan fingerprint density at radius 3 is 2.86 bits per heavy atom. The van der Waals surface area contributed by atoms with Crippen LogP contribution in [0, 0.1) is 0 Å². The van der Waals surface area contributed by atoms with Crippen molar-refractivity contribution in [1.82, 2.24) is 15.1 Å². The van der Waals surface area contributed by atoms with E-state index in [4.69, 9.17) is 16.3 Å². The summed E-state index contributed by atoms with van der Waals surface area (Å²) in [6, 6.07) is 5.94. The van der Waals surface area contributed by atoms with Crippen LogP contribution in [-0.2, 0) is 7.05 Å². The van der Waals surface area contributed by atoms with E-state index in [-0.39, 0.29) is 6.04 Å². The Hall–Kier alpha value is -1.04. The van der Waals surface area contributed by atoms with E-state index in [0.29, 0.717) is 5.02 Å². The Morgan fingerprint density at radius 1 is 1.48 bits per heavy atom. The molecule has 1 unspecified atom stereocenters. The summed E-state index contributed by atoms with van der Waals surface area (Å²) < 4.78 is 8.16. The van der Waals surface area contributed by atoms with Crippen LogP contribution in [0.2, 0.25) is 5.02 Å². The van der Waals surface area contributed by atoms with Gasteiger partial charge in [-0.3, -0.25) is 4.68 Å². The van der Waals surface area contributed by atoms with Crippen molar-refractivity contribution in [2.24, 2.45) is 7.05 Å². The molecule has 4 nitrogen and oxygen atoms in total. The van der Waals surface area contributed by atoms with Gasteiger partial charge in [0.2, 0.25) is 0 Å². The topological polar surface area (TPSA) is 39.1 Å². The molecule has 0 fully saturated rings. The van der Waals surface area contributed by atoms with Crippen molar-refractivity contribution in [3.05, 3.63) is 45.1 Å². The summed E-state index contributed by atoms with van der Waals surface area (Å²) in [6.07, 6.45) is 2.78. The second kappa shape index (κ2) is 7.29. The molecule has 0 aliphatic rings. The van der Waals surface area contributed by atoms with Crippen molar-refractivity contribution in [3.63, 3.8) is 0 Å². The minimum absolute atomic E-state index is 0.000895. The Morgan fingerprint density at radius 2 is 2.24 bits per heavy atom. The first kappa shape index (κ1) is 16.3. The van der Waals surface area contributed by atoms with Gasteiger partial charge in [0, 0.05) is 11.5 Å². The van der Waals surface area contributed by atoms with Gasteiger partial charge in [0.05, 0.1) is 24.4 Å². The lowest BCUT2D eigenvalue weighted by Crippen LogP contribution is -2.25. The van der Waals surface area contributed by atoms with Gasteiger partial charge in [-0.2, -0.15) is 5.10 Å². The second-order valence-corrected chi connectivity index (χ2v) is 6.04. The Kier molecular flexibility index (Phi) is 5.67. The highest BCUT2D eigenvalue weighted by atomic mass is 79.9.